The Labute approximate surface area is 137 Å². The number of nitrogens with zero attached hydrogens (tertiary/aromatic N) is 2. The SMILES string of the molecule is CCOC(C)C(=O)N1CC(=O)N(c2cc(Cl)cc(Cl)c2)C1=O. The summed E-state index contributed by atoms with van der Waals surface area (Å²) in [4.78, 5) is 38.3. The molecule has 0 saturated carbocycles. The van der Waals surface area contributed by atoms with Gasteiger partial charge in [0.2, 0.25) is 0 Å². The van der Waals surface area contributed by atoms with E-state index in [-0.39, 0.29) is 22.3 Å². The van der Waals surface area contributed by atoms with E-state index in [1.165, 1.54) is 25.1 Å². The number of hydrogen-bond acceptors (Lipinski definition) is 4. The highest BCUT2D eigenvalue weighted by Gasteiger charge is 2.42. The number of urea groups is 1. The van der Waals surface area contributed by atoms with Gasteiger partial charge in [0, 0.05) is 16.7 Å². The number of amides is 4. The molecule has 0 aromatic heterocycles. The summed E-state index contributed by atoms with van der Waals surface area (Å²) in [6.07, 6.45) is -0.801. The van der Waals surface area contributed by atoms with Crippen LogP contribution < -0.4 is 4.90 Å². The number of carbonyl (C=O) groups excluding carboxylic acids is 3. The van der Waals surface area contributed by atoms with Crippen molar-refractivity contribution in [1.29, 1.82) is 0 Å². The first-order valence-electron chi connectivity index (χ1n) is 6.61. The van der Waals surface area contributed by atoms with Crippen LogP contribution in [0, 0.1) is 0 Å². The smallest absolute Gasteiger partial charge is 0.338 e. The van der Waals surface area contributed by atoms with Crippen molar-refractivity contribution in [2.45, 2.75) is 20.0 Å². The van der Waals surface area contributed by atoms with Crippen molar-refractivity contribution in [1.82, 2.24) is 4.90 Å². The number of halogens is 2. The van der Waals surface area contributed by atoms with Crippen molar-refractivity contribution in [3.8, 4) is 0 Å². The summed E-state index contributed by atoms with van der Waals surface area (Å²) in [5.41, 5.74) is 0.229. The van der Waals surface area contributed by atoms with Gasteiger partial charge in [0.25, 0.3) is 11.8 Å². The van der Waals surface area contributed by atoms with Crippen molar-refractivity contribution in [2.24, 2.45) is 0 Å². The lowest BCUT2D eigenvalue weighted by Crippen LogP contribution is -2.42. The van der Waals surface area contributed by atoms with E-state index in [1.54, 1.807) is 6.92 Å². The zero-order chi connectivity index (χ0) is 16.4. The van der Waals surface area contributed by atoms with E-state index in [1.807, 2.05) is 0 Å². The summed E-state index contributed by atoms with van der Waals surface area (Å²) in [6, 6.07) is 3.62. The number of rotatable bonds is 4. The fourth-order valence-corrected chi connectivity index (χ4v) is 2.65. The molecule has 118 valence electrons. The Morgan fingerprint density at radius 3 is 2.41 bits per heavy atom. The molecule has 1 heterocycles. The number of anilines is 1. The highest BCUT2D eigenvalue weighted by Crippen LogP contribution is 2.28. The van der Waals surface area contributed by atoms with E-state index in [0.29, 0.717) is 6.61 Å². The maximum Gasteiger partial charge on any atom is 0.338 e. The Kier molecular flexibility index (Phi) is 5.05. The highest BCUT2D eigenvalue weighted by atomic mass is 35.5. The summed E-state index contributed by atoms with van der Waals surface area (Å²) in [5, 5.41) is 0.575. The molecular weight excluding hydrogens is 331 g/mol. The molecule has 1 aromatic carbocycles. The van der Waals surface area contributed by atoms with Crippen LogP contribution in [0.2, 0.25) is 10.0 Å². The molecule has 8 heteroatoms. The Balaban J connectivity index is 2.27. The van der Waals surface area contributed by atoms with Gasteiger partial charge in [-0.05, 0) is 32.0 Å². The average Bonchev–Trinajstić information content (AvgIpc) is 2.72. The molecule has 1 fully saturated rings. The van der Waals surface area contributed by atoms with Crippen LogP contribution in [0.3, 0.4) is 0 Å². The van der Waals surface area contributed by atoms with Crippen LogP contribution in [0.1, 0.15) is 13.8 Å². The molecule has 1 atom stereocenters. The summed E-state index contributed by atoms with van der Waals surface area (Å²) in [5.74, 6) is -1.09. The molecule has 4 amide bonds. The number of carbonyl (C=O) groups is 3. The van der Waals surface area contributed by atoms with Gasteiger partial charge in [-0.1, -0.05) is 23.2 Å². The van der Waals surface area contributed by atoms with Gasteiger partial charge in [-0.15, -0.1) is 0 Å². The topological polar surface area (TPSA) is 66.9 Å². The van der Waals surface area contributed by atoms with Crippen molar-refractivity contribution in [3.63, 3.8) is 0 Å². The second-order valence-electron chi connectivity index (χ2n) is 4.66. The lowest BCUT2D eigenvalue weighted by atomic mass is 10.3. The zero-order valence-corrected chi connectivity index (χ0v) is 13.5. The van der Waals surface area contributed by atoms with Crippen molar-refractivity contribution in [2.75, 3.05) is 18.1 Å². The van der Waals surface area contributed by atoms with Crippen LogP contribution in [-0.2, 0) is 14.3 Å². The summed E-state index contributed by atoms with van der Waals surface area (Å²) < 4.78 is 5.16. The fourth-order valence-electron chi connectivity index (χ4n) is 2.14. The van der Waals surface area contributed by atoms with E-state index < -0.39 is 23.9 Å². The molecule has 1 aliphatic rings. The molecular formula is C14H14Cl2N2O4. The van der Waals surface area contributed by atoms with Gasteiger partial charge < -0.3 is 4.74 Å². The van der Waals surface area contributed by atoms with Gasteiger partial charge in [-0.25, -0.2) is 9.69 Å². The van der Waals surface area contributed by atoms with E-state index in [4.69, 9.17) is 27.9 Å². The lowest BCUT2D eigenvalue weighted by molar-refractivity contribution is -0.139. The second-order valence-corrected chi connectivity index (χ2v) is 5.53. The van der Waals surface area contributed by atoms with Crippen LogP contribution >= 0.6 is 23.2 Å². The molecule has 22 heavy (non-hydrogen) atoms. The lowest BCUT2D eigenvalue weighted by Gasteiger charge is -2.19. The minimum Gasteiger partial charge on any atom is -0.369 e. The molecule has 0 radical (unpaired) electrons. The third-order valence-electron chi connectivity index (χ3n) is 3.10. The third kappa shape index (κ3) is 3.24. The Bertz CT molecular complexity index is 615. The van der Waals surface area contributed by atoms with Gasteiger partial charge in [0.1, 0.15) is 12.6 Å². The largest absolute Gasteiger partial charge is 0.369 e. The van der Waals surface area contributed by atoms with Gasteiger partial charge in [0.15, 0.2) is 0 Å². The van der Waals surface area contributed by atoms with Gasteiger partial charge in [-0.2, -0.15) is 0 Å². The number of ether oxygens (including phenoxy) is 1. The average molecular weight is 345 g/mol. The predicted octanol–water partition coefficient (Wildman–Crippen LogP) is 2.71. The molecule has 0 N–H and O–H groups in total. The monoisotopic (exact) mass is 344 g/mol. The first-order chi connectivity index (χ1) is 10.3. The zero-order valence-electron chi connectivity index (χ0n) is 12.0. The maximum absolute atomic E-state index is 12.4. The fraction of sp³-hybridized carbons (Fsp3) is 0.357. The van der Waals surface area contributed by atoms with Crippen LogP contribution in [0.15, 0.2) is 18.2 Å². The summed E-state index contributed by atoms with van der Waals surface area (Å²) in [6.45, 7) is 3.26. The molecule has 0 aliphatic carbocycles. The normalized spacial score (nSPS) is 16.4. The summed E-state index contributed by atoms with van der Waals surface area (Å²) >= 11 is 11.8. The van der Waals surface area contributed by atoms with Gasteiger partial charge >= 0.3 is 6.03 Å². The minimum atomic E-state index is -0.801. The minimum absolute atomic E-state index is 0.229. The van der Waals surface area contributed by atoms with E-state index in [2.05, 4.69) is 0 Å². The molecule has 6 nitrogen and oxygen atoms in total. The Morgan fingerprint density at radius 1 is 1.27 bits per heavy atom. The number of imide groups is 2. The molecule has 1 aliphatic heterocycles. The molecule has 2 rings (SSSR count). The van der Waals surface area contributed by atoms with Crippen LogP contribution in [-0.4, -0.2) is 42.0 Å². The van der Waals surface area contributed by atoms with E-state index >= 15 is 0 Å². The maximum atomic E-state index is 12.4. The number of hydrogen-bond donors (Lipinski definition) is 0. The van der Waals surface area contributed by atoms with E-state index in [9.17, 15) is 14.4 Å². The standard InChI is InChI=1S/C14H14Cl2N2O4/c1-3-22-8(2)13(20)17-7-12(19)18(14(17)21)11-5-9(15)4-10(16)6-11/h4-6,8H,3,7H2,1-2H3. The van der Waals surface area contributed by atoms with Crippen LogP contribution in [0.4, 0.5) is 10.5 Å². The van der Waals surface area contributed by atoms with Gasteiger partial charge in [-0.3, -0.25) is 14.5 Å². The van der Waals surface area contributed by atoms with Crippen molar-refractivity contribution >= 4 is 46.7 Å². The van der Waals surface area contributed by atoms with Crippen molar-refractivity contribution < 1.29 is 19.1 Å². The molecule has 0 bridgehead atoms. The Hall–Kier alpha value is -1.63. The van der Waals surface area contributed by atoms with Crippen LogP contribution in [0.25, 0.3) is 0 Å². The first-order valence-corrected chi connectivity index (χ1v) is 7.36. The van der Waals surface area contributed by atoms with Crippen LogP contribution in [0.5, 0.6) is 0 Å². The second kappa shape index (κ2) is 6.64. The molecule has 1 saturated heterocycles. The molecule has 1 aromatic rings. The number of benzene rings is 1. The van der Waals surface area contributed by atoms with Gasteiger partial charge in [0.05, 0.1) is 5.69 Å². The highest BCUT2D eigenvalue weighted by molar-refractivity contribution is 6.35. The molecule has 1 unspecified atom stereocenters. The summed E-state index contributed by atoms with van der Waals surface area (Å²) in [7, 11) is 0. The third-order valence-corrected chi connectivity index (χ3v) is 3.54. The predicted molar refractivity (Wildman–Crippen MR) is 82.1 cm³/mol. The van der Waals surface area contributed by atoms with Crippen molar-refractivity contribution in [3.05, 3.63) is 28.2 Å². The molecule has 0 spiro atoms. The Morgan fingerprint density at radius 2 is 1.86 bits per heavy atom. The van der Waals surface area contributed by atoms with E-state index in [0.717, 1.165) is 9.80 Å². The first kappa shape index (κ1) is 16.7. The quantitative estimate of drug-likeness (QED) is 0.787.